The third-order valence-corrected chi connectivity index (χ3v) is 8.41. The number of hydrogen-bond donors (Lipinski definition) is 0. The molecule has 1 atom stereocenters. The van der Waals surface area contributed by atoms with Gasteiger partial charge in [-0.1, -0.05) is 12.1 Å². The molecule has 30 heavy (non-hydrogen) atoms. The molecule has 1 saturated carbocycles. The number of nitrogens with zero attached hydrogens (tertiary/aromatic N) is 4. The zero-order valence-electron chi connectivity index (χ0n) is 16.5. The Morgan fingerprint density at radius 3 is 2.63 bits per heavy atom. The fourth-order valence-corrected chi connectivity index (χ4v) is 6.08. The van der Waals surface area contributed by atoms with Crippen molar-refractivity contribution in [1.29, 1.82) is 0 Å². The van der Waals surface area contributed by atoms with Crippen LogP contribution in [0.15, 0.2) is 36.4 Å². The van der Waals surface area contributed by atoms with Crippen LogP contribution in [-0.4, -0.2) is 57.5 Å². The van der Waals surface area contributed by atoms with Crippen molar-refractivity contribution in [2.75, 3.05) is 51.7 Å². The van der Waals surface area contributed by atoms with Crippen molar-refractivity contribution in [2.24, 2.45) is 5.92 Å². The van der Waals surface area contributed by atoms with Gasteiger partial charge in [0.1, 0.15) is 0 Å². The maximum absolute atomic E-state index is 13.3. The molecule has 2 aromatic rings. The van der Waals surface area contributed by atoms with E-state index in [2.05, 4.69) is 4.90 Å². The lowest BCUT2D eigenvalue weighted by atomic mass is 10.1. The maximum Gasteiger partial charge on any atom is 0.253 e. The van der Waals surface area contributed by atoms with Crippen LogP contribution >= 0.6 is 12.1 Å². The summed E-state index contributed by atoms with van der Waals surface area (Å²) < 4.78 is 53.9. The molecule has 0 bridgehead atoms. The molecule has 0 amide bonds. The van der Waals surface area contributed by atoms with Crippen molar-refractivity contribution in [3.05, 3.63) is 36.4 Å². The third-order valence-electron chi connectivity index (χ3n) is 5.84. The first kappa shape index (κ1) is 19.9. The molecule has 10 heteroatoms. The van der Waals surface area contributed by atoms with Crippen molar-refractivity contribution >= 4 is 39.2 Å². The lowest BCUT2D eigenvalue weighted by Gasteiger charge is -2.29. The first-order valence-corrected chi connectivity index (χ1v) is 12.4. The number of pyridine rings is 1. The zero-order valence-corrected chi connectivity index (χ0v) is 18.1. The van der Waals surface area contributed by atoms with Gasteiger partial charge >= 0.3 is 0 Å². The molecule has 3 heterocycles. The van der Waals surface area contributed by atoms with Gasteiger partial charge in [-0.25, -0.2) is 22.2 Å². The number of sulfone groups is 1. The van der Waals surface area contributed by atoms with E-state index in [0.29, 0.717) is 19.6 Å². The van der Waals surface area contributed by atoms with Crippen LogP contribution < -0.4 is 13.5 Å². The summed E-state index contributed by atoms with van der Waals surface area (Å²) in [5.41, 5.74) is 3.57. The molecule has 0 radical (unpaired) electrons. The van der Waals surface area contributed by atoms with E-state index in [1.807, 2.05) is 52.1 Å². The second kappa shape index (κ2) is 6.98. The van der Waals surface area contributed by atoms with E-state index >= 15 is 0 Å². The number of alkyl halides is 2. The van der Waals surface area contributed by atoms with Crippen molar-refractivity contribution in [1.82, 2.24) is 4.98 Å². The number of rotatable bonds is 4. The van der Waals surface area contributed by atoms with Crippen molar-refractivity contribution < 1.29 is 17.2 Å². The lowest BCUT2D eigenvalue weighted by molar-refractivity contribution is 0.101. The Hall–Kier alpha value is -2.07. The highest BCUT2D eigenvalue weighted by molar-refractivity contribution is 8.02. The summed E-state index contributed by atoms with van der Waals surface area (Å²) in [6.45, 7) is 1.29. The van der Waals surface area contributed by atoms with Gasteiger partial charge in [-0.3, -0.25) is 8.61 Å². The van der Waals surface area contributed by atoms with Gasteiger partial charge in [0.2, 0.25) is 0 Å². The monoisotopic (exact) mass is 452 g/mol. The summed E-state index contributed by atoms with van der Waals surface area (Å²) in [6, 6.07) is 11.8. The number of hydrogen-bond acceptors (Lipinski definition) is 7. The van der Waals surface area contributed by atoms with Crippen molar-refractivity contribution in [2.45, 2.75) is 12.3 Å². The van der Waals surface area contributed by atoms with Crippen LogP contribution in [0, 0.1) is 5.92 Å². The highest BCUT2D eigenvalue weighted by Crippen LogP contribution is 2.52. The molecule has 1 aliphatic carbocycles. The third kappa shape index (κ3) is 3.71. The molecule has 0 N–H and O–H groups in total. The summed E-state index contributed by atoms with van der Waals surface area (Å²) in [5.74, 6) is -2.02. The Kier molecular flexibility index (Phi) is 4.62. The minimum Gasteiger partial charge on any atom is -0.369 e. The van der Waals surface area contributed by atoms with Crippen LogP contribution in [-0.2, 0) is 9.84 Å². The van der Waals surface area contributed by atoms with Crippen LogP contribution in [0.5, 0.6) is 0 Å². The van der Waals surface area contributed by atoms with E-state index in [9.17, 15) is 17.2 Å². The zero-order chi connectivity index (χ0) is 21.1. The summed E-state index contributed by atoms with van der Waals surface area (Å²) in [6.07, 6.45) is -0.0424. The van der Waals surface area contributed by atoms with Gasteiger partial charge in [0.05, 0.1) is 35.0 Å². The fraction of sp³-hybridized carbons (Fsp3) is 0.450. The number of aromatic nitrogens is 1. The molecule has 160 valence electrons. The Labute approximate surface area is 179 Å². The molecule has 0 spiro atoms. The van der Waals surface area contributed by atoms with Crippen LogP contribution in [0.3, 0.4) is 0 Å². The molecular weight excluding hydrogens is 430 g/mol. The summed E-state index contributed by atoms with van der Waals surface area (Å²) in [4.78, 5) is 6.87. The number of anilines is 3. The van der Waals surface area contributed by atoms with E-state index in [4.69, 9.17) is 4.98 Å². The van der Waals surface area contributed by atoms with Gasteiger partial charge in [0.25, 0.3) is 5.92 Å². The van der Waals surface area contributed by atoms with Gasteiger partial charge in [-0.2, -0.15) is 0 Å². The SMILES string of the molecule is CN1SN(CC2CC2(F)F)c2ccc(-c3cccc(N4CCS(=O)(=O)CC4)c3)nc21. The predicted molar refractivity (Wildman–Crippen MR) is 117 cm³/mol. The minimum absolute atomic E-state index is 0.0424. The van der Waals surface area contributed by atoms with Gasteiger partial charge < -0.3 is 4.90 Å². The Bertz CT molecular complexity index is 1080. The summed E-state index contributed by atoms with van der Waals surface area (Å²) >= 11 is 1.40. The Morgan fingerprint density at radius 2 is 1.93 bits per heavy atom. The van der Waals surface area contributed by atoms with Crippen LogP contribution in [0.2, 0.25) is 0 Å². The van der Waals surface area contributed by atoms with E-state index < -0.39 is 21.7 Å². The maximum atomic E-state index is 13.3. The Balaban J connectivity index is 1.38. The predicted octanol–water partition coefficient (Wildman–Crippen LogP) is 3.46. The van der Waals surface area contributed by atoms with E-state index in [1.165, 1.54) is 12.1 Å². The number of halogens is 2. The second-order valence-electron chi connectivity index (χ2n) is 8.03. The summed E-state index contributed by atoms with van der Waals surface area (Å²) in [7, 11) is -1.04. The van der Waals surface area contributed by atoms with E-state index in [0.717, 1.165) is 28.5 Å². The highest BCUT2D eigenvalue weighted by atomic mass is 32.2. The lowest BCUT2D eigenvalue weighted by Crippen LogP contribution is -2.40. The fourth-order valence-electron chi connectivity index (χ4n) is 3.89. The smallest absolute Gasteiger partial charge is 0.253 e. The van der Waals surface area contributed by atoms with E-state index in [-0.39, 0.29) is 17.9 Å². The molecule has 2 fully saturated rings. The van der Waals surface area contributed by atoms with Gasteiger partial charge in [0.15, 0.2) is 15.7 Å². The van der Waals surface area contributed by atoms with Crippen LogP contribution in [0.4, 0.5) is 26.0 Å². The first-order chi connectivity index (χ1) is 14.2. The average Bonchev–Trinajstić information content (AvgIpc) is 3.19. The molecular formula is C20H22F2N4O2S2. The molecule has 5 rings (SSSR count). The highest BCUT2D eigenvalue weighted by Gasteiger charge is 2.57. The van der Waals surface area contributed by atoms with Crippen LogP contribution in [0.25, 0.3) is 11.3 Å². The topological polar surface area (TPSA) is 56.8 Å². The molecule has 1 aromatic heterocycles. The van der Waals surface area contributed by atoms with Crippen LogP contribution in [0.1, 0.15) is 6.42 Å². The van der Waals surface area contributed by atoms with Crippen molar-refractivity contribution in [3.8, 4) is 11.3 Å². The normalized spacial score (nSPS) is 24.1. The first-order valence-electron chi connectivity index (χ1n) is 9.86. The standard InChI is InChI=1S/C20H22F2N4O2S2/c1-24-19-18(26(29-24)13-15-12-20(15,21)22)6-5-17(23-19)14-3-2-4-16(11-14)25-7-9-30(27,28)10-8-25/h2-6,11,15H,7-10,12-13H2,1H3. The average molecular weight is 453 g/mol. The quantitative estimate of drug-likeness (QED) is 0.659. The molecule has 2 aliphatic heterocycles. The number of benzene rings is 1. The molecule has 3 aliphatic rings. The van der Waals surface area contributed by atoms with E-state index in [1.54, 1.807) is 0 Å². The largest absolute Gasteiger partial charge is 0.369 e. The van der Waals surface area contributed by atoms with Gasteiger partial charge in [-0.05, 0) is 24.3 Å². The summed E-state index contributed by atoms with van der Waals surface area (Å²) in [5, 5.41) is 0. The second-order valence-corrected chi connectivity index (χ2v) is 11.5. The molecule has 1 aromatic carbocycles. The molecule has 6 nitrogen and oxygen atoms in total. The van der Waals surface area contributed by atoms with Gasteiger partial charge in [0, 0.05) is 50.3 Å². The molecule has 1 unspecified atom stereocenters. The van der Waals surface area contributed by atoms with Crippen molar-refractivity contribution in [3.63, 3.8) is 0 Å². The number of fused-ring (bicyclic) bond motifs is 1. The molecule has 1 saturated heterocycles. The Morgan fingerprint density at radius 1 is 1.20 bits per heavy atom. The van der Waals surface area contributed by atoms with Gasteiger partial charge in [-0.15, -0.1) is 0 Å². The minimum atomic E-state index is -2.93.